The van der Waals surface area contributed by atoms with E-state index in [0.717, 1.165) is 44.7 Å². The van der Waals surface area contributed by atoms with Crippen LogP contribution in [0.2, 0.25) is 0 Å². The molecule has 0 aliphatic carbocycles. The van der Waals surface area contributed by atoms with Gasteiger partial charge in [0.15, 0.2) is 0 Å². The fourth-order valence-electron chi connectivity index (χ4n) is 3.64. The van der Waals surface area contributed by atoms with E-state index in [2.05, 4.69) is 34.1 Å². The summed E-state index contributed by atoms with van der Waals surface area (Å²) in [5, 5.41) is 0. The lowest BCUT2D eigenvalue weighted by atomic mass is 10.1. The van der Waals surface area contributed by atoms with Crippen LogP contribution < -0.4 is 4.90 Å². The number of hydrogen-bond donors (Lipinski definition) is 0. The van der Waals surface area contributed by atoms with Gasteiger partial charge in [-0.3, -0.25) is 4.79 Å². The molecule has 0 spiro atoms. The van der Waals surface area contributed by atoms with Gasteiger partial charge in [0.25, 0.3) is 5.91 Å². The molecule has 0 N–H and O–H groups in total. The zero-order chi connectivity index (χ0) is 18.9. The molecule has 0 atom stereocenters. The molecule has 0 radical (unpaired) electrons. The molecule has 1 amide bonds. The van der Waals surface area contributed by atoms with E-state index in [1.807, 2.05) is 30.1 Å². The standard InChI is InChI=1S/C23H31N3O/c1-25(16-10-7-13-20-11-5-4-6-12-20)23(27)21-14-15-22(24-19-21)26-17-8-2-3-9-18-26/h4-6,11-12,14-15,19H,2-3,7-10,13,16-18H2,1H3. The fraction of sp³-hybridized carbons (Fsp3) is 0.478. The lowest BCUT2D eigenvalue weighted by Gasteiger charge is -2.22. The summed E-state index contributed by atoms with van der Waals surface area (Å²) >= 11 is 0. The summed E-state index contributed by atoms with van der Waals surface area (Å²) in [5.74, 6) is 1.06. The van der Waals surface area contributed by atoms with E-state index in [0.29, 0.717) is 5.56 Å². The molecule has 1 aliphatic rings. The zero-order valence-corrected chi connectivity index (χ0v) is 16.4. The molecule has 1 aromatic carbocycles. The molecule has 0 saturated carbocycles. The first kappa shape index (κ1) is 19.4. The number of aryl methyl sites for hydroxylation is 1. The van der Waals surface area contributed by atoms with Crippen LogP contribution in [0, 0.1) is 0 Å². The van der Waals surface area contributed by atoms with Gasteiger partial charge in [-0.25, -0.2) is 4.98 Å². The van der Waals surface area contributed by atoms with Crippen molar-refractivity contribution in [2.45, 2.75) is 44.9 Å². The van der Waals surface area contributed by atoms with Gasteiger partial charge < -0.3 is 9.80 Å². The van der Waals surface area contributed by atoms with Crippen molar-refractivity contribution in [1.82, 2.24) is 9.88 Å². The predicted octanol–water partition coefficient (Wildman–Crippen LogP) is 4.56. The van der Waals surface area contributed by atoms with Crippen molar-refractivity contribution in [3.8, 4) is 0 Å². The van der Waals surface area contributed by atoms with Crippen LogP contribution in [0.5, 0.6) is 0 Å². The lowest BCUT2D eigenvalue weighted by molar-refractivity contribution is 0.0792. The Morgan fingerprint density at radius 2 is 1.74 bits per heavy atom. The highest BCUT2D eigenvalue weighted by Crippen LogP contribution is 2.18. The SMILES string of the molecule is CN(CCCCc1ccccc1)C(=O)c1ccc(N2CCCCCC2)nc1. The molecule has 0 unspecified atom stereocenters. The van der Waals surface area contributed by atoms with Crippen LogP contribution in [-0.2, 0) is 6.42 Å². The smallest absolute Gasteiger partial charge is 0.255 e. The minimum atomic E-state index is 0.0598. The second kappa shape index (κ2) is 10.1. The largest absolute Gasteiger partial charge is 0.357 e. The minimum absolute atomic E-state index is 0.0598. The summed E-state index contributed by atoms with van der Waals surface area (Å²) in [6, 6.07) is 14.4. The molecule has 1 saturated heterocycles. The first-order chi connectivity index (χ1) is 13.2. The number of rotatable bonds is 7. The molecule has 3 rings (SSSR count). The maximum Gasteiger partial charge on any atom is 0.255 e. The van der Waals surface area contributed by atoms with Crippen LogP contribution in [0.15, 0.2) is 48.7 Å². The highest BCUT2D eigenvalue weighted by molar-refractivity contribution is 5.93. The average molecular weight is 366 g/mol. The number of amides is 1. The Balaban J connectivity index is 1.46. The Hall–Kier alpha value is -2.36. The van der Waals surface area contributed by atoms with E-state index in [9.17, 15) is 4.79 Å². The molecule has 2 aromatic rings. The van der Waals surface area contributed by atoms with Gasteiger partial charge >= 0.3 is 0 Å². The first-order valence-corrected chi connectivity index (χ1v) is 10.2. The van der Waals surface area contributed by atoms with Crippen molar-refractivity contribution in [1.29, 1.82) is 0 Å². The van der Waals surface area contributed by atoms with Gasteiger partial charge in [-0.2, -0.15) is 0 Å². The van der Waals surface area contributed by atoms with Crippen LogP contribution >= 0.6 is 0 Å². The van der Waals surface area contributed by atoms with E-state index in [1.54, 1.807) is 6.20 Å². The number of hydrogen-bond acceptors (Lipinski definition) is 3. The van der Waals surface area contributed by atoms with Crippen molar-refractivity contribution in [3.63, 3.8) is 0 Å². The molecule has 0 bridgehead atoms. The number of carbonyl (C=O) groups is 1. The van der Waals surface area contributed by atoms with Gasteiger partial charge in [0.1, 0.15) is 5.82 Å². The molecule has 1 aromatic heterocycles. The quantitative estimate of drug-likeness (QED) is 0.675. The maximum absolute atomic E-state index is 12.6. The molecule has 2 heterocycles. The van der Waals surface area contributed by atoms with E-state index in [1.165, 1.54) is 31.2 Å². The van der Waals surface area contributed by atoms with Crippen LogP contribution in [0.4, 0.5) is 5.82 Å². The summed E-state index contributed by atoms with van der Waals surface area (Å²) in [7, 11) is 1.88. The van der Waals surface area contributed by atoms with Crippen molar-refractivity contribution < 1.29 is 4.79 Å². The minimum Gasteiger partial charge on any atom is -0.357 e. The number of benzene rings is 1. The van der Waals surface area contributed by atoms with Crippen LogP contribution in [0.1, 0.15) is 54.4 Å². The Labute approximate surface area is 163 Å². The number of unbranched alkanes of at least 4 members (excludes halogenated alkanes) is 1. The number of carbonyl (C=O) groups excluding carboxylic acids is 1. The van der Waals surface area contributed by atoms with E-state index in [-0.39, 0.29) is 5.91 Å². The monoisotopic (exact) mass is 365 g/mol. The molecule has 4 nitrogen and oxygen atoms in total. The van der Waals surface area contributed by atoms with Crippen molar-refractivity contribution in [2.75, 3.05) is 31.6 Å². The summed E-state index contributed by atoms with van der Waals surface area (Å²) in [6.07, 6.45) is 9.98. The van der Waals surface area contributed by atoms with E-state index >= 15 is 0 Å². The third-order valence-electron chi connectivity index (χ3n) is 5.32. The topological polar surface area (TPSA) is 36.4 Å². The van der Waals surface area contributed by atoms with Crippen LogP contribution in [-0.4, -0.2) is 42.5 Å². The lowest BCUT2D eigenvalue weighted by Crippen LogP contribution is -2.28. The number of nitrogens with zero attached hydrogens (tertiary/aromatic N) is 3. The van der Waals surface area contributed by atoms with Gasteiger partial charge in [-0.15, -0.1) is 0 Å². The number of anilines is 1. The molecular formula is C23H31N3O. The summed E-state index contributed by atoms with van der Waals surface area (Å²) in [5.41, 5.74) is 2.04. The summed E-state index contributed by atoms with van der Waals surface area (Å²) < 4.78 is 0. The van der Waals surface area contributed by atoms with Gasteiger partial charge in [0.2, 0.25) is 0 Å². The number of pyridine rings is 1. The molecule has 4 heteroatoms. The Morgan fingerprint density at radius 3 is 2.41 bits per heavy atom. The Morgan fingerprint density at radius 1 is 1.00 bits per heavy atom. The van der Waals surface area contributed by atoms with E-state index < -0.39 is 0 Å². The highest BCUT2D eigenvalue weighted by atomic mass is 16.2. The van der Waals surface area contributed by atoms with Crippen LogP contribution in [0.3, 0.4) is 0 Å². The third kappa shape index (κ3) is 5.81. The normalized spacial score (nSPS) is 14.6. The van der Waals surface area contributed by atoms with Gasteiger partial charge in [-0.1, -0.05) is 43.2 Å². The van der Waals surface area contributed by atoms with Crippen molar-refractivity contribution in [2.24, 2.45) is 0 Å². The van der Waals surface area contributed by atoms with Crippen molar-refractivity contribution >= 4 is 11.7 Å². The highest BCUT2D eigenvalue weighted by Gasteiger charge is 2.14. The second-order valence-corrected chi connectivity index (χ2v) is 7.48. The Bertz CT molecular complexity index is 691. The zero-order valence-electron chi connectivity index (χ0n) is 16.4. The predicted molar refractivity (Wildman–Crippen MR) is 111 cm³/mol. The molecule has 1 fully saturated rings. The second-order valence-electron chi connectivity index (χ2n) is 7.48. The van der Waals surface area contributed by atoms with E-state index in [4.69, 9.17) is 0 Å². The Kier molecular flexibility index (Phi) is 7.26. The van der Waals surface area contributed by atoms with Gasteiger partial charge in [-0.05, 0) is 49.8 Å². The summed E-state index contributed by atoms with van der Waals surface area (Å²) in [6.45, 7) is 2.92. The average Bonchev–Trinajstić information content (AvgIpc) is 3.01. The first-order valence-electron chi connectivity index (χ1n) is 10.2. The van der Waals surface area contributed by atoms with Crippen molar-refractivity contribution in [3.05, 3.63) is 59.8 Å². The molecule has 1 aliphatic heterocycles. The third-order valence-corrected chi connectivity index (χ3v) is 5.32. The number of aromatic nitrogens is 1. The van der Waals surface area contributed by atoms with Gasteiger partial charge in [0.05, 0.1) is 5.56 Å². The summed E-state index contributed by atoms with van der Waals surface area (Å²) in [4.78, 5) is 21.3. The molecule has 144 valence electrons. The van der Waals surface area contributed by atoms with Gasteiger partial charge in [0, 0.05) is 32.9 Å². The molecule has 27 heavy (non-hydrogen) atoms. The maximum atomic E-state index is 12.6. The molecular weight excluding hydrogens is 334 g/mol. The van der Waals surface area contributed by atoms with Crippen LogP contribution in [0.25, 0.3) is 0 Å². The fourth-order valence-corrected chi connectivity index (χ4v) is 3.64.